The van der Waals surface area contributed by atoms with E-state index >= 15 is 0 Å². The van der Waals surface area contributed by atoms with Gasteiger partial charge < -0.3 is 9.64 Å². The Hall–Kier alpha value is -0.920. The summed E-state index contributed by atoms with van der Waals surface area (Å²) in [5.74, 6) is -0.528. The highest BCUT2D eigenvalue weighted by Gasteiger charge is 2.25. The summed E-state index contributed by atoms with van der Waals surface area (Å²) in [4.78, 5) is 17.1. The largest absolute Gasteiger partial charge is 0.444 e. The number of rotatable bonds is 2. The fourth-order valence-electron chi connectivity index (χ4n) is 1.43. The molecule has 0 radical (unpaired) electrons. The minimum atomic E-state index is -0.542. The Morgan fingerprint density at radius 2 is 2.11 bits per heavy atom. The van der Waals surface area contributed by atoms with E-state index < -0.39 is 17.6 Å². The summed E-state index contributed by atoms with van der Waals surface area (Å²) < 4.78 is 19.0. The third-order valence-corrected chi connectivity index (χ3v) is 3.50. The summed E-state index contributed by atoms with van der Waals surface area (Å²) in [5, 5.41) is 0. The Labute approximate surface area is 126 Å². The van der Waals surface area contributed by atoms with Crippen LogP contribution in [0.5, 0.6) is 0 Å². The number of hydrogen-bond donors (Lipinski definition) is 0. The molecule has 0 saturated heterocycles. The van der Waals surface area contributed by atoms with Crippen LogP contribution >= 0.6 is 22.6 Å². The lowest BCUT2D eigenvalue weighted by atomic mass is 10.1. The molecule has 1 amide bonds. The van der Waals surface area contributed by atoms with Crippen LogP contribution in [0.2, 0.25) is 0 Å². The molecule has 106 valence electrons. The van der Waals surface area contributed by atoms with Gasteiger partial charge in [-0.2, -0.15) is 4.39 Å². The predicted molar refractivity (Wildman–Crippen MR) is 79.3 cm³/mol. The van der Waals surface area contributed by atoms with Crippen LogP contribution in [0.3, 0.4) is 0 Å². The Morgan fingerprint density at radius 3 is 2.58 bits per heavy atom. The van der Waals surface area contributed by atoms with E-state index in [1.54, 1.807) is 7.05 Å². The van der Waals surface area contributed by atoms with Gasteiger partial charge in [-0.15, -0.1) is 0 Å². The third kappa shape index (κ3) is 4.59. The molecule has 1 aromatic heterocycles. The zero-order valence-corrected chi connectivity index (χ0v) is 13.9. The number of pyridine rings is 1. The molecule has 0 bridgehead atoms. The van der Waals surface area contributed by atoms with Gasteiger partial charge in [0.2, 0.25) is 5.95 Å². The van der Waals surface area contributed by atoms with Gasteiger partial charge in [0.05, 0.1) is 6.04 Å². The van der Waals surface area contributed by atoms with Crippen LogP contribution in [0.4, 0.5) is 9.18 Å². The first-order valence-corrected chi connectivity index (χ1v) is 6.96. The molecule has 0 N–H and O–H groups in total. The van der Waals surface area contributed by atoms with Crippen LogP contribution in [0, 0.1) is 9.52 Å². The molecule has 1 heterocycles. The van der Waals surface area contributed by atoms with Gasteiger partial charge in [0.25, 0.3) is 0 Å². The summed E-state index contributed by atoms with van der Waals surface area (Å²) >= 11 is 2.03. The lowest BCUT2D eigenvalue weighted by molar-refractivity contribution is 0.0233. The van der Waals surface area contributed by atoms with Gasteiger partial charge in [0.1, 0.15) is 5.60 Å². The molecule has 0 aromatic carbocycles. The average Bonchev–Trinajstić information content (AvgIpc) is 2.24. The van der Waals surface area contributed by atoms with E-state index in [1.165, 1.54) is 17.2 Å². The number of ether oxygens (including phenoxy) is 1. The second-order valence-electron chi connectivity index (χ2n) is 5.30. The number of carbonyl (C=O) groups is 1. The van der Waals surface area contributed by atoms with Gasteiger partial charge in [-0.1, -0.05) is 0 Å². The highest BCUT2D eigenvalue weighted by molar-refractivity contribution is 14.1. The molecule has 1 atom stereocenters. The van der Waals surface area contributed by atoms with Crippen molar-refractivity contribution in [2.24, 2.45) is 0 Å². The van der Waals surface area contributed by atoms with Gasteiger partial charge in [0.15, 0.2) is 0 Å². The summed E-state index contributed by atoms with van der Waals surface area (Å²) in [5.41, 5.74) is 0.245. The van der Waals surface area contributed by atoms with Crippen LogP contribution in [0.1, 0.15) is 39.3 Å². The lowest BCUT2D eigenvalue weighted by Crippen LogP contribution is -2.36. The summed E-state index contributed by atoms with van der Waals surface area (Å²) in [6.07, 6.45) is 1.03. The first-order chi connectivity index (χ1) is 8.61. The molecule has 0 aliphatic heterocycles. The van der Waals surface area contributed by atoms with Crippen molar-refractivity contribution in [3.05, 3.63) is 27.3 Å². The van der Waals surface area contributed by atoms with Crippen molar-refractivity contribution in [1.82, 2.24) is 9.88 Å². The van der Waals surface area contributed by atoms with Gasteiger partial charge in [-0.3, -0.25) is 0 Å². The Kier molecular flexibility index (Phi) is 5.11. The van der Waals surface area contributed by atoms with Gasteiger partial charge >= 0.3 is 6.09 Å². The highest BCUT2D eigenvalue weighted by Crippen LogP contribution is 2.25. The summed E-state index contributed by atoms with van der Waals surface area (Å²) in [7, 11) is 1.65. The minimum absolute atomic E-state index is 0.241. The number of aromatic nitrogens is 1. The summed E-state index contributed by atoms with van der Waals surface area (Å²) in [6.45, 7) is 7.28. The van der Waals surface area contributed by atoms with Crippen molar-refractivity contribution in [2.75, 3.05) is 7.05 Å². The maximum atomic E-state index is 13.0. The van der Waals surface area contributed by atoms with Crippen molar-refractivity contribution in [3.8, 4) is 0 Å². The molecule has 19 heavy (non-hydrogen) atoms. The Balaban J connectivity index is 2.87. The van der Waals surface area contributed by atoms with E-state index in [-0.39, 0.29) is 6.04 Å². The summed E-state index contributed by atoms with van der Waals surface area (Å²) in [6, 6.07) is 1.10. The number of amides is 1. The number of carbonyl (C=O) groups excluding carboxylic acids is 1. The fourth-order valence-corrected chi connectivity index (χ4v) is 2.27. The molecule has 0 aliphatic rings. The van der Waals surface area contributed by atoms with Crippen molar-refractivity contribution in [3.63, 3.8) is 0 Å². The standard InChI is InChI=1S/C13H18FIN2O2/c1-8(9-7-16-11(14)6-10(9)15)17(5)12(18)19-13(2,3)4/h6-8H,1-5H3. The van der Waals surface area contributed by atoms with E-state index in [2.05, 4.69) is 4.98 Å². The Bertz CT molecular complexity index is 474. The molecule has 6 heteroatoms. The average molecular weight is 380 g/mol. The molecule has 0 spiro atoms. The second-order valence-corrected chi connectivity index (χ2v) is 6.46. The topological polar surface area (TPSA) is 42.4 Å². The van der Waals surface area contributed by atoms with E-state index in [0.717, 1.165) is 9.13 Å². The maximum Gasteiger partial charge on any atom is 0.410 e. The number of hydrogen-bond acceptors (Lipinski definition) is 3. The molecule has 0 fully saturated rings. The minimum Gasteiger partial charge on any atom is -0.444 e. The van der Waals surface area contributed by atoms with Crippen LogP contribution in [0.25, 0.3) is 0 Å². The molecule has 0 saturated carbocycles. The number of nitrogens with zero attached hydrogens (tertiary/aromatic N) is 2. The molecule has 4 nitrogen and oxygen atoms in total. The molecular weight excluding hydrogens is 362 g/mol. The van der Waals surface area contributed by atoms with E-state index in [0.29, 0.717) is 0 Å². The van der Waals surface area contributed by atoms with Crippen molar-refractivity contribution >= 4 is 28.7 Å². The SMILES string of the molecule is CC(c1cnc(F)cc1I)N(C)C(=O)OC(C)(C)C. The first kappa shape index (κ1) is 16.1. The zero-order valence-electron chi connectivity index (χ0n) is 11.7. The predicted octanol–water partition coefficient (Wildman–Crippen LogP) is 3.75. The maximum absolute atomic E-state index is 13.0. The fraction of sp³-hybridized carbons (Fsp3) is 0.538. The zero-order chi connectivity index (χ0) is 14.8. The van der Waals surface area contributed by atoms with E-state index in [1.807, 2.05) is 50.3 Å². The second kappa shape index (κ2) is 6.02. The van der Waals surface area contributed by atoms with Crippen molar-refractivity contribution in [1.29, 1.82) is 0 Å². The van der Waals surface area contributed by atoms with Crippen LogP contribution in [0.15, 0.2) is 12.3 Å². The molecule has 0 aliphatic carbocycles. The van der Waals surface area contributed by atoms with E-state index in [4.69, 9.17) is 4.74 Å². The lowest BCUT2D eigenvalue weighted by Gasteiger charge is -2.29. The molecule has 1 unspecified atom stereocenters. The first-order valence-electron chi connectivity index (χ1n) is 5.88. The highest BCUT2D eigenvalue weighted by atomic mass is 127. The van der Waals surface area contributed by atoms with Crippen LogP contribution in [-0.2, 0) is 4.74 Å². The normalized spacial score (nSPS) is 13.0. The Morgan fingerprint density at radius 1 is 1.53 bits per heavy atom. The van der Waals surface area contributed by atoms with E-state index in [9.17, 15) is 9.18 Å². The number of halogens is 2. The van der Waals surface area contributed by atoms with Crippen LogP contribution < -0.4 is 0 Å². The van der Waals surface area contributed by atoms with Gasteiger partial charge in [0, 0.05) is 28.4 Å². The van der Waals surface area contributed by atoms with Gasteiger partial charge in [-0.05, 0) is 50.3 Å². The van der Waals surface area contributed by atoms with Gasteiger partial charge in [-0.25, -0.2) is 9.78 Å². The van der Waals surface area contributed by atoms with Crippen LogP contribution in [-0.4, -0.2) is 28.6 Å². The molecule has 1 rings (SSSR count). The molecule has 1 aromatic rings. The van der Waals surface area contributed by atoms with Crippen molar-refractivity contribution in [2.45, 2.75) is 39.3 Å². The third-order valence-electron chi connectivity index (χ3n) is 2.56. The smallest absolute Gasteiger partial charge is 0.410 e. The quantitative estimate of drug-likeness (QED) is 0.580. The van der Waals surface area contributed by atoms with Crippen molar-refractivity contribution < 1.29 is 13.9 Å². The molecular formula is C13H18FIN2O2. The monoisotopic (exact) mass is 380 g/mol.